The van der Waals surface area contributed by atoms with Gasteiger partial charge in [-0.1, -0.05) is 6.07 Å². The maximum Gasteiger partial charge on any atom is 0.0924 e. The van der Waals surface area contributed by atoms with Gasteiger partial charge in [0.25, 0.3) is 0 Å². The first-order valence-electron chi connectivity index (χ1n) is 4.25. The predicted molar refractivity (Wildman–Crippen MR) is 57.2 cm³/mol. The van der Waals surface area contributed by atoms with Crippen LogP contribution in [0.4, 0.5) is 0 Å². The van der Waals surface area contributed by atoms with Gasteiger partial charge in [-0.05, 0) is 12.1 Å². The second kappa shape index (κ2) is 2.92. The van der Waals surface area contributed by atoms with E-state index in [4.69, 9.17) is 0 Å². The molecule has 3 rings (SSSR count). The number of aromatic nitrogens is 3. The Balaban J connectivity index is 2.23. The number of aromatic amines is 1. The van der Waals surface area contributed by atoms with Crippen molar-refractivity contribution in [3.63, 3.8) is 0 Å². The van der Waals surface area contributed by atoms with Gasteiger partial charge >= 0.3 is 0 Å². The zero-order chi connectivity index (χ0) is 9.38. The third kappa shape index (κ3) is 1.12. The number of hydrogen-bond donors (Lipinski definition) is 1. The molecule has 0 saturated heterocycles. The van der Waals surface area contributed by atoms with Crippen molar-refractivity contribution in [3.8, 4) is 11.3 Å². The summed E-state index contributed by atoms with van der Waals surface area (Å²) >= 11 is 1.66. The molecule has 0 saturated carbocycles. The molecule has 2 aromatic heterocycles. The van der Waals surface area contributed by atoms with Crippen molar-refractivity contribution in [2.24, 2.45) is 0 Å². The molecule has 68 valence electrons. The number of H-pyrrole nitrogens is 1. The SMILES string of the molecule is c1ncc(-c2ccc3scnc3c2)[nH]1. The van der Waals surface area contributed by atoms with Crippen LogP contribution in [0.15, 0.2) is 36.2 Å². The number of imidazole rings is 1. The highest BCUT2D eigenvalue weighted by atomic mass is 32.1. The lowest BCUT2D eigenvalue weighted by Crippen LogP contribution is -1.76. The molecule has 14 heavy (non-hydrogen) atoms. The van der Waals surface area contributed by atoms with Crippen molar-refractivity contribution >= 4 is 21.6 Å². The molecule has 0 aliphatic heterocycles. The van der Waals surface area contributed by atoms with E-state index in [-0.39, 0.29) is 0 Å². The molecule has 0 aliphatic carbocycles. The van der Waals surface area contributed by atoms with Crippen LogP contribution in [0.5, 0.6) is 0 Å². The van der Waals surface area contributed by atoms with E-state index in [0.717, 1.165) is 16.8 Å². The third-order valence-corrected chi connectivity index (χ3v) is 2.95. The molecule has 1 aromatic carbocycles. The van der Waals surface area contributed by atoms with Crippen molar-refractivity contribution in [3.05, 3.63) is 36.2 Å². The summed E-state index contributed by atoms with van der Waals surface area (Å²) in [5, 5.41) is 0. The van der Waals surface area contributed by atoms with Crippen molar-refractivity contribution < 1.29 is 0 Å². The molecule has 3 aromatic rings. The van der Waals surface area contributed by atoms with Crippen LogP contribution in [-0.4, -0.2) is 15.0 Å². The van der Waals surface area contributed by atoms with Crippen LogP contribution in [0.3, 0.4) is 0 Å². The van der Waals surface area contributed by atoms with E-state index in [1.165, 1.54) is 4.70 Å². The van der Waals surface area contributed by atoms with Crippen LogP contribution < -0.4 is 0 Å². The largest absolute Gasteiger partial charge is 0.345 e. The van der Waals surface area contributed by atoms with E-state index in [9.17, 15) is 0 Å². The van der Waals surface area contributed by atoms with E-state index in [1.54, 1.807) is 17.7 Å². The first kappa shape index (κ1) is 7.70. The summed E-state index contributed by atoms with van der Waals surface area (Å²) in [4.78, 5) is 11.3. The van der Waals surface area contributed by atoms with Crippen molar-refractivity contribution in [1.82, 2.24) is 15.0 Å². The van der Waals surface area contributed by atoms with Gasteiger partial charge in [-0.15, -0.1) is 11.3 Å². The molecular formula is C10H7N3S. The minimum absolute atomic E-state index is 1.03. The average molecular weight is 201 g/mol. The maximum absolute atomic E-state index is 4.27. The van der Waals surface area contributed by atoms with Gasteiger partial charge in [-0.25, -0.2) is 9.97 Å². The molecule has 0 fully saturated rings. The number of rotatable bonds is 1. The highest BCUT2D eigenvalue weighted by molar-refractivity contribution is 7.16. The second-order valence-electron chi connectivity index (χ2n) is 3.00. The van der Waals surface area contributed by atoms with Crippen molar-refractivity contribution in [2.75, 3.05) is 0 Å². The second-order valence-corrected chi connectivity index (χ2v) is 3.89. The summed E-state index contributed by atoms with van der Waals surface area (Å²) in [5.74, 6) is 0. The Kier molecular flexibility index (Phi) is 1.61. The standard InChI is InChI=1S/C10H7N3S/c1-2-10-8(13-6-14-10)3-7(1)9-4-11-5-12-9/h1-6H,(H,11,12). The highest BCUT2D eigenvalue weighted by Gasteiger charge is 2.01. The van der Waals surface area contributed by atoms with Crippen molar-refractivity contribution in [2.45, 2.75) is 0 Å². The van der Waals surface area contributed by atoms with E-state index in [1.807, 2.05) is 11.7 Å². The first-order chi connectivity index (χ1) is 6.93. The van der Waals surface area contributed by atoms with Crippen molar-refractivity contribution in [1.29, 1.82) is 0 Å². The van der Waals surface area contributed by atoms with E-state index in [0.29, 0.717) is 0 Å². The number of nitrogens with zero attached hydrogens (tertiary/aromatic N) is 2. The van der Waals surface area contributed by atoms with Gasteiger partial charge in [0.1, 0.15) is 0 Å². The molecular weight excluding hydrogens is 194 g/mol. The van der Waals surface area contributed by atoms with E-state index in [2.05, 4.69) is 33.2 Å². The molecule has 4 heteroatoms. The summed E-state index contributed by atoms with van der Waals surface area (Å²) in [6.45, 7) is 0. The first-order valence-corrected chi connectivity index (χ1v) is 5.13. The number of benzene rings is 1. The Bertz CT molecular complexity index is 554. The van der Waals surface area contributed by atoms with Crippen LogP contribution in [0, 0.1) is 0 Å². The summed E-state index contributed by atoms with van der Waals surface area (Å²) in [7, 11) is 0. The average Bonchev–Trinajstić information content (AvgIpc) is 2.88. The van der Waals surface area contributed by atoms with Gasteiger partial charge in [0.05, 0.1) is 33.9 Å². The Morgan fingerprint density at radius 3 is 3.14 bits per heavy atom. The fraction of sp³-hybridized carbons (Fsp3) is 0. The van der Waals surface area contributed by atoms with Gasteiger partial charge in [0.2, 0.25) is 0 Å². The molecule has 0 aliphatic rings. The molecule has 3 nitrogen and oxygen atoms in total. The van der Waals surface area contributed by atoms with Gasteiger partial charge in [-0.2, -0.15) is 0 Å². The Hall–Kier alpha value is -1.68. The fourth-order valence-corrected chi connectivity index (χ4v) is 2.10. The molecule has 2 heterocycles. The topological polar surface area (TPSA) is 41.6 Å². The monoisotopic (exact) mass is 201 g/mol. The molecule has 0 radical (unpaired) electrons. The molecule has 0 atom stereocenters. The fourth-order valence-electron chi connectivity index (χ4n) is 1.44. The molecule has 0 bridgehead atoms. The number of nitrogens with one attached hydrogen (secondary N) is 1. The number of hydrogen-bond acceptors (Lipinski definition) is 3. The predicted octanol–water partition coefficient (Wildman–Crippen LogP) is 2.69. The summed E-state index contributed by atoms with van der Waals surface area (Å²) in [6, 6.07) is 6.23. The smallest absolute Gasteiger partial charge is 0.0924 e. The van der Waals surface area contributed by atoms with Gasteiger partial charge in [0, 0.05) is 5.56 Å². The van der Waals surface area contributed by atoms with Crippen LogP contribution in [-0.2, 0) is 0 Å². The quantitative estimate of drug-likeness (QED) is 0.657. The van der Waals surface area contributed by atoms with Gasteiger partial charge in [-0.3, -0.25) is 0 Å². The minimum Gasteiger partial charge on any atom is -0.345 e. The lowest BCUT2D eigenvalue weighted by Gasteiger charge is -1.95. The minimum atomic E-state index is 1.03. The summed E-state index contributed by atoms with van der Waals surface area (Å²) < 4.78 is 1.22. The van der Waals surface area contributed by atoms with Gasteiger partial charge in [0.15, 0.2) is 0 Å². The normalized spacial score (nSPS) is 10.9. The Labute approximate surface area is 84.5 Å². The zero-order valence-corrected chi connectivity index (χ0v) is 8.08. The lowest BCUT2D eigenvalue weighted by atomic mass is 10.1. The zero-order valence-electron chi connectivity index (χ0n) is 7.27. The molecule has 0 spiro atoms. The summed E-state index contributed by atoms with van der Waals surface area (Å²) in [5.41, 5.74) is 5.06. The molecule has 0 unspecified atom stereocenters. The number of thiazole rings is 1. The van der Waals surface area contributed by atoms with Crippen LogP contribution in [0.25, 0.3) is 21.5 Å². The lowest BCUT2D eigenvalue weighted by molar-refractivity contribution is 1.31. The molecule has 1 N–H and O–H groups in total. The summed E-state index contributed by atoms with van der Waals surface area (Å²) in [6.07, 6.45) is 3.49. The van der Waals surface area contributed by atoms with Crippen LogP contribution in [0.2, 0.25) is 0 Å². The maximum atomic E-state index is 4.27. The highest BCUT2D eigenvalue weighted by Crippen LogP contribution is 2.23. The molecule has 0 amide bonds. The van der Waals surface area contributed by atoms with Crippen LogP contribution >= 0.6 is 11.3 Å². The van der Waals surface area contributed by atoms with E-state index >= 15 is 0 Å². The Morgan fingerprint density at radius 1 is 1.29 bits per heavy atom. The Morgan fingerprint density at radius 2 is 2.29 bits per heavy atom. The number of fused-ring (bicyclic) bond motifs is 1. The third-order valence-electron chi connectivity index (χ3n) is 2.14. The van der Waals surface area contributed by atoms with E-state index < -0.39 is 0 Å². The van der Waals surface area contributed by atoms with Crippen LogP contribution in [0.1, 0.15) is 0 Å². The van der Waals surface area contributed by atoms with Gasteiger partial charge < -0.3 is 4.98 Å².